The first kappa shape index (κ1) is 56.3. The molecule has 0 radical (unpaired) electrons. The van der Waals surface area contributed by atoms with Gasteiger partial charge in [0.25, 0.3) is 0 Å². The number of anilines is 3. The van der Waals surface area contributed by atoms with Crippen LogP contribution in [0, 0.1) is 24.7 Å². The molecule has 6 saturated heterocycles. The summed E-state index contributed by atoms with van der Waals surface area (Å²) >= 11 is 1.60. The molecule has 12 rings (SSSR count). The van der Waals surface area contributed by atoms with Crippen LogP contribution in [-0.2, 0) is 19.1 Å². The number of phenols is 1. The van der Waals surface area contributed by atoms with E-state index in [0.717, 1.165) is 143 Å². The lowest BCUT2D eigenvalue weighted by molar-refractivity contribution is -0.142. The molecule has 438 valence electrons. The van der Waals surface area contributed by atoms with Crippen LogP contribution < -0.4 is 20.9 Å². The van der Waals surface area contributed by atoms with Crippen molar-refractivity contribution in [2.75, 3.05) is 81.0 Å². The van der Waals surface area contributed by atoms with Gasteiger partial charge < -0.3 is 59.9 Å². The Morgan fingerprint density at radius 3 is 2.22 bits per heavy atom. The molecule has 3 amide bonds. The molecule has 2 unspecified atom stereocenters. The van der Waals surface area contributed by atoms with E-state index in [0.29, 0.717) is 66.0 Å². The van der Waals surface area contributed by atoms with Gasteiger partial charge in [0.2, 0.25) is 17.7 Å². The Bertz CT molecular complexity index is 3020. The van der Waals surface area contributed by atoms with E-state index in [1.54, 1.807) is 28.4 Å². The smallest absolute Gasteiger partial charge is 0.243 e. The molecule has 9 heterocycles. The Kier molecular flexibility index (Phi) is 16.6. The van der Waals surface area contributed by atoms with Gasteiger partial charge in [-0.2, -0.15) is 0 Å². The number of aromatic nitrogens is 4. The first-order valence-corrected chi connectivity index (χ1v) is 31.2. The molecule has 82 heavy (non-hydrogen) atoms. The first-order valence-electron chi connectivity index (χ1n) is 30.3. The number of likely N-dealkylation sites (tertiary alicyclic amines) is 3. The lowest BCUT2D eigenvalue weighted by Gasteiger charge is -2.48. The number of aliphatic hydroxyl groups excluding tert-OH is 1. The molecule has 3 aromatic heterocycles. The van der Waals surface area contributed by atoms with Gasteiger partial charge in [-0.05, 0) is 132 Å². The van der Waals surface area contributed by atoms with E-state index in [4.69, 9.17) is 15.0 Å². The minimum Gasteiger partial charge on any atom is -0.507 e. The molecule has 1 aliphatic carbocycles. The molecule has 0 spiro atoms. The van der Waals surface area contributed by atoms with E-state index in [1.807, 2.05) is 81.7 Å². The van der Waals surface area contributed by atoms with Gasteiger partial charge in [0.15, 0.2) is 17.4 Å². The van der Waals surface area contributed by atoms with E-state index in [9.17, 15) is 24.6 Å². The van der Waals surface area contributed by atoms with Gasteiger partial charge in [-0.25, -0.2) is 4.98 Å². The maximum atomic E-state index is 14.4. The third-order valence-electron chi connectivity index (χ3n) is 19.3. The summed E-state index contributed by atoms with van der Waals surface area (Å²) in [4.78, 5) is 61.4. The van der Waals surface area contributed by atoms with Crippen LogP contribution in [0.4, 0.5) is 17.3 Å². The third-order valence-corrected chi connectivity index (χ3v) is 20.3. The number of piperazine rings is 1. The average molecular weight is 1140 g/mol. The second-order valence-electron chi connectivity index (χ2n) is 25.0. The highest BCUT2D eigenvalue weighted by molar-refractivity contribution is 7.13. The zero-order chi connectivity index (χ0) is 56.8. The number of nitrogens with zero attached hydrogens (tertiary/aromatic N) is 10. The number of piperidine rings is 3. The van der Waals surface area contributed by atoms with Crippen molar-refractivity contribution in [2.45, 2.75) is 153 Å². The van der Waals surface area contributed by atoms with Crippen LogP contribution in [0.2, 0.25) is 0 Å². The maximum Gasteiger partial charge on any atom is 0.243 e. The lowest BCUT2D eigenvalue weighted by atomic mass is 9.84. The quantitative estimate of drug-likeness (QED) is 0.0764. The van der Waals surface area contributed by atoms with Crippen molar-refractivity contribution >= 4 is 46.4 Å². The SMILES string of the molecule is Cc1ncsc1-c1ccc([C@H](C)NC(=O)[C@@H]2C[C@@H](O)CN2C(=O)[C@@H](c2cc(N3CCC(CN4CCC(OC5CC(N6CCC(C(=O)N7C8CCC7CN(c7cc(-c9ccccc9O)nnc7N)C8)CC6)C5)CC4)CC3)no2)C(C)C)cc1. The molecular weight excluding hydrogens is 1060 g/mol. The van der Waals surface area contributed by atoms with E-state index < -0.39 is 18.1 Å². The van der Waals surface area contributed by atoms with Gasteiger partial charge in [-0.1, -0.05) is 55.4 Å². The number of aromatic hydroxyl groups is 1. The molecular formula is C62H82N12O7S. The predicted molar refractivity (Wildman–Crippen MR) is 315 cm³/mol. The van der Waals surface area contributed by atoms with Crippen LogP contribution in [0.25, 0.3) is 21.7 Å². The zero-order valence-electron chi connectivity index (χ0n) is 48.0. The number of para-hydroxylation sites is 1. The number of β-amino-alcohol motifs (C(OH)–C–C–N with tert-alkyl or cyclic N) is 1. The highest BCUT2D eigenvalue weighted by Gasteiger charge is 2.47. The highest BCUT2D eigenvalue weighted by Crippen LogP contribution is 2.41. The van der Waals surface area contributed by atoms with Crippen molar-refractivity contribution in [1.29, 1.82) is 0 Å². The summed E-state index contributed by atoms with van der Waals surface area (Å²) in [6.45, 7) is 16.3. The Morgan fingerprint density at radius 1 is 0.817 bits per heavy atom. The number of phenolic OH excluding ortho intramolecular Hbond substituents is 1. The van der Waals surface area contributed by atoms with Crippen LogP contribution >= 0.6 is 11.3 Å². The number of amides is 3. The average Bonchev–Trinajstić information content (AvgIpc) is 4.47. The van der Waals surface area contributed by atoms with Crippen LogP contribution in [-0.4, -0.2) is 176 Å². The predicted octanol–water partition coefficient (Wildman–Crippen LogP) is 7.25. The van der Waals surface area contributed by atoms with Crippen molar-refractivity contribution < 1.29 is 33.9 Å². The Labute approximate surface area is 485 Å². The van der Waals surface area contributed by atoms with E-state index in [1.165, 1.54) is 0 Å². The normalized spacial score (nSPS) is 25.9. The molecule has 6 aliphatic heterocycles. The maximum absolute atomic E-state index is 14.4. The molecule has 2 aromatic carbocycles. The summed E-state index contributed by atoms with van der Waals surface area (Å²) < 4.78 is 12.7. The zero-order valence-corrected chi connectivity index (χ0v) is 48.8. The van der Waals surface area contributed by atoms with Gasteiger partial charge in [0, 0.05) is 94.5 Å². The minimum atomic E-state index is -0.801. The number of aliphatic hydroxyl groups is 1. The summed E-state index contributed by atoms with van der Waals surface area (Å²) in [7, 11) is 0. The van der Waals surface area contributed by atoms with Gasteiger partial charge in [-0.3, -0.25) is 14.4 Å². The molecule has 5 aromatic rings. The monoisotopic (exact) mass is 1140 g/mol. The largest absolute Gasteiger partial charge is 0.507 e. The summed E-state index contributed by atoms with van der Waals surface area (Å²) in [5.41, 5.74) is 13.3. The number of ether oxygens (including phenoxy) is 1. The number of benzene rings is 2. The van der Waals surface area contributed by atoms with Crippen molar-refractivity contribution in [3.63, 3.8) is 0 Å². The first-order chi connectivity index (χ1) is 39.7. The molecule has 2 bridgehead atoms. The highest BCUT2D eigenvalue weighted by atomic mass is 32.1. The molecule has 5 N–H and O–H groups in total. The lowest BCUT2D eigenvalue weighted by Crippen LogP contribution is -2.58. The number of hydrogen-bond donors (Lipinski definition) is 4. The third kappa shape index (κ3) is 11.8. The second kappa shape index (κ2) is 24.2. The Balaban J connectivity index is 0.546. The van der Waals surface area contributed by atoms with E-state index in [-0.39, 0.29) is 60.5 Å². The molecule has 7 fully saturated rings. The number of aryl methyl sites for hydroxylation is 1. The summed E-state index contributed by atoms with van der Waals surface area (Å²) in [6, 6.07) is 18.8. The van der Waals surface area contributed by atoms with E-state index >= 15 is 0 Å². The molecule has 20 heteroatoms. The van der Waals surface area contributed by atoms with Crippen LogP contribution in [0.1, 0.15) is 120 Å². The fourth-order valence-corrected chi connectivity index (χ4v) is 15.3. The fraction of sp³-hybridized carbons (Fsp3) is 0.597. The summed E-state index contributed by atoms with van der Waals surface area (Å²) in [5, 5.41) is 37.4. The van der Waals surface area contributed by atoms with Crippen LogP contribution in [0.15, 0.2) is 70.7 Å². The van der Waals surface area contributed by atoms with Crippen molar-refractivity contribution in [3.8, 4) is 27.4 Å². The number of rotatable bonds is 16. The number of nitrogens with one attached hydrogen (secondary N) is 1. The number of hydrogen-bond acceptors (Lipinski definition) is 17. The number of nitrogen functional groups attached to an aromatic ring is 1. The number of nitrogens with two attached hydrogens (primary N) is 1. The topological polar surface area (TPSA) is 223 Å². The van der Waals surface area contributed by atoms with Crippen LogP contribution in [0.5, 0.6) is 5.75 Å². The van der Waals surface area contributed by atoms with Crippen molar-refractivity contribution in [1.82, 2.24) is 45.3 Å². The van der Waals surface area contributed by atoms with Crippen molar-refractivity contribution in [3.05, 3.63) is 83.2 Å². The second-order valence-corrected chi connectivity index (χ2v) is 25.9. The van der Waals surface area contributed by atoms with Gasteiger partial charge in [-0.15, -0.1) is 21.5 Å². The number of carbonyl (C=O) groups is 3. The molecule has 6 atom stereocenters. The molecule has 1 saturated carbocycles. The minimum absolute atomic E-state index is 0.0698. The van der Waals surface area contributed by atoms with Crippen LogP contribution in [0.3, 0.4) is 0 Å². The van der Waals surface area contributed by atoms with Gasteiger partial charge in [0.05, 0.1) is 51.8 Å². The number of carbonyl (C=O) groups excluding carboxylic acids is 3. The summed E-state index contributed by atoms with van der Waals surface area (Å²) in [6.07, 6.45) is 10.2. The fourth-order valence-electron chi connectivity index (χ4n) is 14.5. The summed E-state index contributed by atoms with van der Waals surface area (Å²) in [5.74, 6) is 1.45. The van der Waals surface area contributed by atoms with Gasteiger partial charge >= 0.3 is 0 Å². The van der Waals surface area contributed by atoms with E-state index in [2.05, 4.69) is 50.2 Å². The number of fused-ring (bicyclic) bond motifs is 2. The van der Waals surface area contributed by atoms with Gasteiger partial charge in [0.1, 0.15) is 17.7 Å². The number of thiazole rings is 1. The molecule has 7 aliphatic rings. The van der Waals surface area contributed by atoms with Crippen molar-refractivity contribution in [2.24, 2.45) is 17.8 Å². The Morgan fingerprint density at radius 2 is 1.54 bits per heavy atom. The Hall–Kier alpha value is -6.19. The standard InChI is InChI=1S/C62H82N12O7S/c1-37(2)57(62(79)73-35-47(75)29-53(73)60(77)65-38(3)41-9-11-42(12-10-41)58-39(4)64-36-82-58)55-31-56(68-81-55)71-23-15-40(16-24-71)32-69-21-19-48(20-22-69)80-49-27-46(28-49)70-25-17-43(18-26-70)61(78)74-44-13-14-45(74)34-72(33-44)52-30-51(66-67-59(52)63)50-7-5-6-8-54(50)76/h5-12,30-31,36-38,40,43-49,53,57,75-76H,13-29,32-35H2,1-4H3,(H2,63,67)(H,65,77)/t38-,44?,45?,46?,47+,49?,53-,57+/m0/s1. The molecule has 19 nitrogen and oxygen atoms in total.